The molecule has 0 saturated carbocycles. The van der Waals surface area contributed by atoms with Crippen molar-refractivity contribution in [3.8, 4) is 22.6 Å². The van der Waals surface area contributed by atoms with Crippen LogP contribution in [0.1, 0.15) is 12.7 Å². The number of nitrogens with one attached hydrogen (secondary N) is 1. The van der Waals surface area contributed by atoms with Crippen molar-refractivity contribution >= 4 is 21.6 Å². The molecule has 1 atom stereocenters. The fourth-order valence-electron chi connectivity index (χ4n) is 3.56. The average Bonchev–Trinajstić information content (AvgIpc) is 3.25. The molecule has 0 bridgehead atoms. The number of ether oxygens (including phenoxy) is 4. The van der Waals surface area contributed by atoms with Gasteiger partial charge in [-0.3, -0.25) is 9.69 Å². The van der Waals surface area contributed by atoms with E-state index in [-0.39, 0.29) is 12.2 Å². The molecule has 1 unspecified atom stereocenters. The number of rotatable bonds is 13. The summed E-state index contributed by atoms with van der Waals surface area (Å²) in [6.07, 6.45) is -0.643. The van der Waals surface area contributed by atoms with Gasteiger partial charge in [0.1, 0.15) is 10.7 Å². The Morgan fingerprint density at radius 3 is 2.70 bits per heavy atom. The van der Waals surface area contributed by atoms with Crippen molar-refractivity contribution in [2.45, 2.75) is 19.6 Å². The van der Waals surface area contributed by atoms with Crippen LogP contribution in [-0.4, -0.2) is 80.3 Å². The first-order valence-electron chi connectivity index (χ1n) is 10.7. The molecule has 0 aliphatic rings. The molecular weight excluding hydrogens is 446 g/mol. The van der Waals surface area contributed by atoms with Gasteiger partial charge >= 0.3 is 0 Å². The summed E-state index contributed by atoms with van der Waals surface area (Å²) in [7, 11) is 4.79. The maximum Gasteiger partial charge on any atom is 0.260 e. The summed E-state index contributed by atoms with van der Waals surface area (Å²) >= 11 is 1.41. The zero-order chi connectivity index (χ0) is 23.8. The summed E-state index contributed by atoms with van der Waals surface area (Å²) < 4.78 is 21.2. The standard InChI is InChI=1S/C23H31N3O6S/c1-5-32-13-16(27)11-26(8-9-29-2)12-20-24-22(28)21-17(14-33-23(21)25-20)15-6-7-18(30-3)19(10-15)31-4/h6-7,10,14,16,27H,5,8-9,11-13H2,1-4H3,(H,24,25,28). The topological polar surface area (TPSA) is 106 Å². The van der Waals surface area contributed by atoms with Crippen molar-refractivity contribution in [3.63, 3.8) is 0 Å². The lowest BCUT2D eigenvalue weighted by atomic mass is 10.1. The van der Waals surface area contributed by atoms with E-state index in [0.717, 1.165) is 11.1 Å². The molecule has 2 N–H and O–H groups in total. The minimum atomic E-state index is -0.643. The third-order valence-electron chi connectivity index (χ3n) is 5.16. The SMILES string of the molecule is CCOCC(O)CN(CCOC)Cc1nc2scc(-c3ccc(OC)c(OC)c3)c2c(=O)[nH]1. The second-order valence-corrected chi connectivity index (χ2v) is 8.31. The Kier molecular flexibility index (Phi) is 9.21. The molecule has 0 fully saturated rings. The lowest BCUT2D eigenvalue weighted by molar-refractivity contribution is 0.0144. The lowest BCUT2D eigenvalue weighted by Gasteiger charge is -2.24. The molecule has 180 valence electrons. The van der Waals surface area contributed by atoms with Crippen LogP contribution in [0.5, 0.6) is 11.5 Å². The van der Waals surface area contributed by atoms with Crippen LogP contribution in [0.15, 0.2) is 28.4 Å². The summed E-state index contributed by atoms with van der Waals surface area (Å²) in [4.78, 5) is 23.3. The van der Waals surface area contributed by atoms with Gasteiger partial charge in [-0.25, -0.2) is 4.98 Å². The van der Waals surface area contributed by atoms with Crippen molar-refractivity contribution in [2.24, 2.45) is 0 Å². The number of aromatic nitrogens is 2. The average molecular weight is 478 g/mol. The van der Waals surface area contributed by atoms with Gasteiger partial charge in [0.2, 0.25) is 0 Å². The Balaban J connectivity index is 1.87. The second-order valence-electron chi connectivity index (χ2n) is 7.45. The largest absolute Gasteiger partial charge is 0.493 e. The molecule has 10 heteroatoms. The van der Waals surface area contributed by atoms with Gasteiger partial charge in [-0.05, 0) is 24.6 Å². The number of hydrogen-bond donors (Lipinski definition) is 2. The lowest BCUT2D eigenvalue weighted by Crippen LogP contribution is -2.37. The smallest absolute Gasteiger partial charge is 0.260 e. The third kappa shape index (κ3) is 6.30. The molecule has 0 amide bonds. The van der Waals surface area contributed by atoms with E-state index in [1.807, 2.05) is 35.4 Å². The summed E-state index contributed by atoms with van der Waals surface area (Å²) in [5.41, 5.74) is 1.43. The number of benzene rings is 1. The van der Waals surface area contributed by atoms with Crippen LogP contribution >= 0.6 is 11.3 Å². The quantitative estimate of drug-likeness (QED) is 0.387. The van der Waals surface area contributed by atoms with E-state index in [0.29, 0.717) is 60.4 Å². The number of hydrogen-bond acceptors (Lipinski definition) is 9. The first-order chi connectivity index (χ1) is 16.0. The predicted octanol–water partition coefficient (Wildman–Crippen LogP) is 2.51. The van der Waals surface area contributed by atoms with E-state index in [4.69, 9.17) is 18.9 Å². The van der Waals surface area contributed by atoms with E-state index in [9.17, 15) is 9.90 Å². The first kappa shape index (κ1) is 25.1. The Hall–Kier alpha value is -2.50. The normalized spacial score (nSPS) is 12.4. The molecule has 2 heterocycles. The number of fused-ring (bicyclic) bond motifs is 1. The number of aromatic amines is 1. The molecule has 0 aliphatic carbocycles. The second kappa shape index (κ2) is 12.1. The van der Waals surface area contributed by atoms with Crippen molar-refractivity contribution in [1.82, 2.24) is 14.9 Å². The summed E-state index contributed by atoms with van der Waals surface area (Å²) in [6, 6.07) is 5.55. The van der Waals surface area contributed by atoms with E-state index in [1.165, 1.54) is 11.3 Å². The Morgan fingerprint density at radius 1 is 1.21 bits per heavy atom. The highest BCUT2D eigenvalue weighted by molar-refractivity contribution is 7.17. The fourth-order valence-corrected chi connectivity index (χ4v) is 4.52. The molecule has 3 aromatic rings. The minimum Gasteiger partial charge on any atom is -0.493 e. The first-order valence-corrected chi connectivity index (χ1v) is 11.6. The maximum atomic E-state index is 13.0. The van der Waals surface area contributed by atoms with Crippen LogP contribution in [0.3, 0.4) is 0 Å². The number of H-pyrrole nitrogens is 1. The number of aliphatic hydroxyl groups excluding tert-OH is 1. The van der Waals surface area contributed by atoms with Crippen LogP contribution in [0, 0.1) is 0 Å². The number of nitrogens with zero attached hydrogens (tertiary/aromatic N) is 2. The van der Waals surface area contributed by atoms with Gasteiger partial charge in [-0.2, -0.15) is 0 Å². The summed E-state index contributed by atoms with van der Waals surface area (Å²) in [5, 5.41) is 12.7. The molecule has 0 spiro atoms. The van der Waals surface area contributed by atoms with Crippen molar-refractivity contribution in [3.05, 3.63) is 39.8 Å². The molecule has 9 nitrogen and oxygen atoms in total. The highest BCUT2D eigenvalue weighted by Gasteiger charge is 2.18. The van der Waals surface area contributed by atoms with E-state index in [2.05, 4.69) is 9.97 Å². The van der Waals surface area contributed by atoms with Crippen LogP contribution < -0.4 is 15.0 Å². The number of thiophene rings is 1. The minimum absolute atomic E-state index is 0.206. The van der Waals surface area contributed by atoms with Gasteiger partial charge in [0, 0.05) is 37.7 Å². The maximum absolute atomic E-state index is 13.0. The van der Waals surface area contributed by atoms with Gasteiger partial charge < -0.3 is 29.0 Å². The van der Waals surface area contributed by atoms with Crippen LogP contribution in [0.4, 0.5) is 0 Å². The predicted molar refractivity (Wildman–Crippen MR) is 128 cm³/mol. The summed E-state index contributed by atoms with van der Waals surface area (Å²) in [6.45, 7) is 4.52. The van der Waals surface area contributed by atoms with Crippen molar-refractivity contribution in [1.29, 1.82) is 0 Å². The number of methoxy groups -OCH3 is 3. The molecule has 0 radical (unpaired) electrons. The summed E-state index contributed by atoms with van der Waals surface area (Å²) in [5.74, 6) is 1.75. The van der Waals surface area contributed by atoms with Gasteiger partial charge in [0.25, 0.3) is 5.56 Å². The van der Waals surface area contributed by atoms with Crippen LogP contribution in [0.2, 0.25) is 0 Å². The Bertz CT molecular complexity index is 1100. The zero-order valence-electron chi connectivity index (χ0n) is 19.4. The van der Waals surface area contributed by atoms with Crippen LogP contribution in [0.25, 0.3) is 21.3 Å². The fraction of sp³-hybridized carbons (Fsp3) is 0.478. The molecule has 0 aliphatic heterocycles. The van der Waals surface area contributed by atoms with Gasteiger partial charge in [-0.1, -0.05) is 6.07 Å². The molecule has 33 heavy (non-hydrogen) atoms. The van der Waals surface area contributed by atoms with E-state index in [1.54, 1.807) is 21.3 Å². The van der Waals surface area contributed by atoms with Crippen LogP contribution in [-0.2, 0) is 16.0 Å². The monoisotopic (exact) mass is 477 g/mol. The number of aliphatic hydroxyl groups is 1. The van der Waals surface area contributed by atoms with Crippen molar-refractivity contribution < 1.29 is 24.1 Å². The Labute approximate surface area is 196 Å². The Morgan fingerprint density at radius 2 is 2.00 bits per heavy atom. The van der Waals surface area contributed by atoms with Crippen molar-refractivity contribution in [2.75, 3.05) is 54.2 Å². The molecule has 1 aromatic carbocycles. The van der Waals surface area contributed by atoms with Gasteiger partial charge in [0.05, 0.1) is 45.5 Å². The highest BCUT2D eigenvalue weighted by atomic mass is 32.1. The third-order valence-corrected chi connectivity index (χ3v) is 6.03. The van der Waals surface area contributed by atoms with Gasteiger partial charge in [-0.15, -0.1) is 11.3 Å². The highest BCUT2D eigenvalue weighted by Crippen LogP contribution is 2.36. The molecule has 3 rings (SSSR count). The van der Waals surface area contributed by atoms with Gasteiger partial charge in [0.15, 0.2) is 11.5 Å². The van der Waals surface area contributed by atoms with E-state index >= 15 is 0 Å². The zero-order valence-corrected chi connectivity index (χ0v) is 20.2. The molecule has 2 aromatic heterocycles. The molecule has 0 saturated heterocycles. The van der Waals surface area contributed by atoms with E-state index < -0.39 is 6.10 Å². The molecular formula is C23H31N3O6S.